The number of hydrogen-bond donors (Lipinski definition) is 0. The van der Waals surface area contributed by atoms with Crippen LogP contribution in [0.3, 0.4) is 0 Å². The molecule has 1 amide bonds. The van der Waals surface area contributed by atoms with Gasteiger partial charge in [0, 0.05) is 44.0 Å². The quantitative estimate of drug-likeness (QED) is 0.617. The minimum Gasteiger partial charge on any atom is -0.496 e. The molecule has 0 atom stereocenters. The lowest BCUT2D eigenvalue weighted by atomic mass is 9.78. The maximum Gasteiger partial charge on any atom is 0.225 e. The molecule has 1 aromatic rings. The second kappa shape index (κ2) is 9.72. The first-order valence-corrected chi connectivity index (χ1v) is 12.3. The van der Waals surface area contributed by atoms with E-state index in [4.69, 9.17) is 14.2 Å². The predicted octanol–water partition coefficient (Wildman–Crippen LogP) is 5.03. The number of unbranched alkanes of at least 4 members (excludes halogenated alkanes) is 1. The number of ether oxygens (including phenoxy) is 3. The molecule has 6 nitrogen and oxygen atoms in total. The van der Waals surface area contributed by atoms with E-state index in [-0.39, 0.29) is 11.7 Å². The molecule has 4 rings (SSSR count). The van der Waals surface area contributed by atoms with Gasteiger partial charge in [-0.05, 0) is 31.6 Å². The van der Waals surface area contributed by atoms with E-state index in [1.807, 2.05) is 4.90 Å². The fourth-order valence-electron chi connectivity index (χ4n) is 5.71. The Hall–Kier alpha value is -2.24. The first-order chi connectivity index (χ1) is 15.5. The molecular formula is C26H37NO5. The number of benzene rings is 1. The number of fused-ring (bicyclic) bond motifs is 1. The normalized spacial score (nSPS) is 24.6. The van der Waals surface area contributed by atoms with E-state index < -0.39 is 5.60 Å². The molecule has 3 aliphatic rings. The number of carbonyl (C=O) groups excluding carboxylic acids is 2. The summed E-state index contributed by atoms with van der Waals surface area (Å²) in [7, 11) is 3.14. The van der Waals surface area contributed by atoms with Crippen molar-refractivity contribution in [3.63, 3.8) is 0 Å². The van der Waals surface area contributed by atoms with E-state index in [9.17, 15) is 9.59 Å². The van der Waals surface area contributed by atoms with Gasteiger partial charge >= 0.3 is 0 Å². The van der Waals surface area contributed by atoms with Gasteiger partial charge in [-0.25, -0.2) is 0 Å². The zero-order valence-electron chi connectivity index (χ0n) is 19.8. The van der Waals surface area contributed by atoms with Crippen LogP contribution in [-0.4, -0.2) is 49.5 Å². The molecule has 0 aromatic heterocycles. The van der Waals surface area contributed by atoms with Crippen LogP contribution >= 0.6 is 0 Å². The van der Waals surface area contributed by atoms with E-state index in [1.165, 1.54) is 32.1 Å². The van der Waals surface area contributed by atoms with Crippen molar-refractivity contribution >= 4 is 11.7 Å². The van der Waals surface area contributed by atoms with Crippen molar-refractivity contribution in [1.82, 2.24) is 4.90 Å². The molecule has 1 aliphatic carbocycles. The van der Waals surface area contributed by atoms with Gasteiger partial charge in [0.2, 0.25) is 5.91 Å². The lowest BCUT2D eigenvalue weighted by Crippen LogP contribution is -2.53. The third-order valence-electron chi connectivity index (χ3n) is 7.73. The van der Waals surface area contributed by atoms with Crippen LogP contribution in [0, 0.1) is 11.8 Å². The number of rotatable bonds is 6. The van der Waals surface area contributed by atoms with E-state index >= 15 is 0 Å². The smallest absolute Gasteiger partial charge is 0.225 e. The van der Waals surface area contributed by atoms with Crippen LogP contribution in [0.2, 0.25) is 0 Å². The monoisotopic (exact) mass is 443 g/mol. The molecule has 0 radical (unpaired) electrons. The lowest BCUT2D eigenvalue weighted by molar-refractivity contribution is -0.140. The summed E-state index contributed by atoms with van der Waals surface area (Å²) in [5, 5.41) is 0. The topological polar surface area (TPSA) is 65.1 Å². The average molecular weight is 444 g/mol. The van der Waals surface area contributed by atoms with Crippen molar-refractivity contribution in [2.75, 3.05) is 27.3 Å². The van der Waals surface area contributed by atoms with Crippen LogP contribution in [0.25, 0.3) is 0 Å². The Morgan fingerprint density at radius 1 is 1.12 bits per heavy atom. The van der Waals surface area contributed by atoms with Crippen molar-refractivity contribution < 1.29 is 23.8 Å². The van der Waals surface area contributed by atoms with Crippen molar-refractivity contribution in [2.45, 2.75) is 76.7 Å². The maximum atomic E-state index is 13.2. The third-order valence-corrected chi connectivity index (χ3v) is 7.73. The molecule has 2 heterocycles. The van der Waals surface area contributed by atoms with Gasteiger partial charge in [0.25, 0.3) is 0 Å². The Morgan fingerprint density at radius 3 is 2.47 bits per heavy atom. The van der Waals surface area contributed by atoms with Gasteiger partial charge in [0.15, 0.2) is 5.78 Å². The number of Topliss-reactive ketones (excluding diaryl/α,β-unsaturated/α-hetero) is 1. The maximum absolute atomic E-state index is 13.2. The molecule has 1 saturated heterocycles. The Bertz CT molecular complexity index is 835. The Balaban J connectivity index is 1.38. The number of ketones is 1. The highest BCUT2D eigenvalue weighted by Gasteiger charge is 2.45. The fourth-order valence-corrected chi connectivity index (χ4v) is 5.71. The van der Waals surface area contributed by atoms with Gasteiger partial charge in [0.1, 0.15) is 28.4 Å². The number of amides is 1. The zero-order chi connectivity index (χ0) is 22.7. The molecular weight excluding hydrogens is 406 g/mol. The molecule has 6 heteroatoms. The van der Waals surface area contributed by atoms with Crippen molar-refractivity contribution in [3.05, 3.63) is 17.7 Å². The van der Waals surface area contributed by atoms with Gasteiger partial charge in [-0.1, -0.05) is 26.2 Å². The molecule has 0 bridgehead atoms. The highest BCUT2D eigenvalue weighted by molar-refractivity contribution is 6.03. The predicted molar refractivity (Wildman–Crippen MR) is 123 cm³/mol. The highest BCUT2D eigenvalue weighted by atomic mass is 16.5. The summed E-state index contributed by atoms with van der Waals surface area (Å²) in [6, 6.07) is 3.49. The number of nitrogens with zero attached hydrogens (tertiary/aromatic N) is 1. The molecule has 0 unspecified atom stereocenters. The molecule has 2 fully saturated rings. The Labute approximate surface area is 191 Å². The van der Waals surface area contributed by atoms with Gasteiger partial charge in [0.05, 0.1) is 20.6 Å². The molecule has 1 spiro atoms. The summed E-state index contributed by atoms with van der Waals surface area (Å²) in [4.78, 5) is 28.2. The summed E-state index contributed by atoms with van der Waals surface area (Å²) in [5.74, 6) is 2.94. The minimum atomic E-state index is -0.546. The van der Waals surface area contributed by atoms with Gasteiger partial charge in [-0.15, -0.1) is 0 Å². The SMILES string of the molecule is CCCCC1CCC(C(=O)N2CCC3(CC2)CC(=O)c2c(OC)cc(OC)cc2O3)CC1. The Morgan fingerprint density at radius 2 is 1.84 bits per heavy atom. The van der Waals surface area contributed by atoms with Gasteiger partial charge in [-0.2, -0.15) is 0 Å². The number of methoxy groups -OCH3 is 2. The Kier molecular flexibility index (Phi) is 6.96. The van der Waals surface area contributed by atoms with Crippen molar-refractivity contribution in [3.8, 4) is 17.2 Å². The number of hydrogen-bond acceptors (Lipinski definition) is 5. The molecule has 32 heavy (non-hydrogen) atoms. The number of likely N-dealkylation sites (tertiary alicyclic amines) is 1. The summed E-state index contributed by atoms with van der Waals surface area (Å²) in [6.07, 6.45) is 9.97. The number of piperidine rings is 1. The first-order valence-electron chi connectivity index (χ1n) is 12.3. The van der Waals surface area contributed by atoms with E-state index in [2.05, 4.69) is 6.92 Å². The van der Waals surface area contributed by atoms with E-state index in [0.717, 1.165) is 18.8 Å². The summed E-state index contributed by atoms with van der Waals surface area (Å²) in [5.41, 5.74) is -0.0481. The molecule has 176 valence electrons. The first kappa shape index (κ1) is 22.9. The minimum absolute atomic E-state index is 0.0379. The van der Waals surface area contributed by atoms with E-state index in [0.29, 0.717) is 61.1 Å². The van der Waals surface area contributed by atoms with Crippen LogP contribution in [0.5, 0.6) is 17.2 Å². The highest BCUT2D eigenvalue weighted by Crippen LogP contribution is 2.45. The summed E-state index contributed by atoms with van der Waals surface area (Å²) in [6.45, 7) is 3.55. The second-order valence-corrected chi connectivity index (χ2v) is 9.77. The lowest BCUT2D eigenvalue weighted by Gasteiger charge is -2.45. The molecule has 1 saturated carbocycles. The van der Waals surface area contributed by atoms with Gasteiger partial charge < -0.3 is 19.1 Å². The third kappa shape index (κ3) is 4.60. The number of carbonyl (C=O) groups is 2. The largest absolute Gasteiger partial charge is 0.496 e. The van der Waals surface area contributed by atoms with Crippen LogP contribution < -0.4 is 14.2 Å². The van der Waals surface area contributed by atoms with Crippen molar-refractivity contribution in [2.24, 2.45) is 11.8 Å². The molecule has 0 N–H and O–H groups in total. The van der Waals surface area contributed by atoms with Crippen LogP contribution in [0.15, 0.2) is 12.1 Å². The van der Waals surface area contributed by atoms with Crippen LogP contribution in [-0.2, 0) is 4.79 Å². The van der Waals surface area contributed by atoms with Crippen LogP contribution in [0.1, 0.15) is 81.5 Å². The standard InChI is InChI=1S/C26H37NO5/c1-4-5-6-18-7-9-19(10-8-18)25(29)27-13-11-26(12-14-27)17-21(28)24-22(31-3)15-20(30-2)16-23(24)32-26/h15-16,18-19H,4-14,17H2,1-3H3. The zero-order valence-corrected chi connectivity index (χ0v) is 19.8. The fraction of sp³-hybridized carbons (Fsp3) is 0.692. The van der Waals surface area contributed by atoms with Crippen LogP contribution in [0.4, 0.5) is 0 Å². The summed E-state index contributed by atoms with van der Waals surface area (Å²) >= 11 is 0. The molecule has 1 aromatic carbocycles. The summed E-state index contributed by atoms with van der Waals surface area (Å²) < 4.78 is 17.2. The molecule has 2 aliphatic heterocycles. The van der Waals surface area contributed by atoms with E-state index in [1.54, 1.807) is 26.4 Å². The van der Waals surface area contributed by atoms with Crippen molar-refractivity contribution in [1.29, 1.82) is 0 Å². The van der Waals surface area contributed by atoms with Gasteiger partial charge in [-0.3, -0.25) is 9.59 Å². The second-order valence-electron chi connectivity index (χ2n) is 9.77. The average Bonchev–Trinajstić information content (AvgIpc) is 2.82.